The highest BCUT2D eigenvalue weighted by molar-refractivity contribution is 5.95. The molecular formula is C10H14N2O2. The van der Waals surface area contributed by atoms with E-state index in [0.29, 0.717) is 18.7 Å². The smallest absolute Gasteiger partial charge is 0.338 e. The third-order valence-corrected chi connectivity index (χ3v) is 2.05. The minimum atomic E-state index is -0.977. The molecule has 0 saturated heterocycles. The highest BCUT2D eigenvalue weighted by Crippen LogP contribution is 2.18. The molecule has 0 fully saturated rings. The number of nitrogens with two attached hydrogens (primary N) is 2. The van der Waals surface area contributed by atoms with E-state index in [1.54, 1.807) is 18.2 Å². The first-order valence-corrected chi connectivity index (χ1v) is 4.47. The van der Waals surface area contributed by atoms with Crippen LogP contribution in [0.1, 0.15) is 22.3 Å². The fraction of sp³-hybridized carbons (Fsp3) is 0.300. The van der Waals surface area contributed by atoms with Crippen LogP contribution in [0, 0.1) is 0 Å². The molecule has 1 aromatic rings. The number of rotatable bonds is 4. The number of nitrogen functional groups attached to an aromatic ring is 1. The van der Waals surface area contributed by atoms with Gasteiger partial charge < -0.3 is 16.6 Å². The fourth-order valence-corrected chi connectivity index (χ4v) is 1.38. The number of carbonyl (C=O) groups is 1. The standard InChI is InChI=1S/C10H14N2O2/c11-6-2-4-7-3-1-5-8(12)9(7)10(13)14/h1,3,5H,2,4,6,11-12H2,(H,13,14). The largest absolute Gasteiger partial charge is 0.478 e. The van der Waals surface area contributed by atoms with Crippen LogP contribution in [0.3, 0.4) is 0 Å². The summed E-state index contributed by atoms with van der Waals surface area (Å²) in [6, 6.07) is 5.12. The van der Waals surface area contributed by atoms with Gasteiger partial charge in [-0.3, -0.25) is 0 Å². The first-order chi connectivity index (χ1) is 6.66. The van der Waals surface area contributed by atoms with Gasteiger partial charge in [0.2, 0.25) is 0 Å². The topological polar surface area (TPSA) is 89.3 Å². The van der Waals surface area contributed by atoms with Crippen molar-refractivity contribution < 1.29 is 9.90 Å². The Kier molecular flexibility index (Phi) is 3.48. The Bertz CT molecular complexity index is 337. The average molecular weight is 194 g/mol. The van der Waals surface area contributed by atoms with Gasteiger partial charge in [0.05, 0.1) is 5.56 Å². The van der Waals surface area contributed by atoms with Crippen molar-refractivity contribution in [1.82, 2.24) is 0 Å². The summed E-state index contributed by atoms with van der Waals surface area (Å²) in [5.74, 6) is -0.977. The number of benzene rings is 1. The molecular weight excluding hydrogens is 180 g/mol. The van der Waals surface area contributed by atoms with Crippen LogP contribution in [0.5, 0.6) is 0 Å². The maximum absolute atomic E-state index is 10.9. The van der Waals surface area contributed by atoms with E-state index in [4.69, 9.17) is 16.6 Å². The van der Waals surface area contributed by atoms with Gasteiger partial charge in [0.1, 0.15) is 0 Å². The third-order valence-electron chi connectivity index (χ3n) is 2.05. The van der Waals surface area contributed by atoms with Crippen molar-refractivity contribution in [3.8, 4) is 0 Å². The third kappa shape index (κ3) is 2.23. The van der Waals surface area contributed by atoms with Crippen molar-refractivity contribution in [3.63, 3.8) is 0 Å². The van der Waals surface area contributed by atoms with E-state index in [0.717, 1.165) is 12.0 Å². The summed E-state index contributed by atoms with van der Waals surface area (Å²) < 4.78 is 0. The summed E-state index contributed by atoms with van der Waals surface area (Å²) >= 11 is 0. The van der Waals surface area contributed by atoms with E-state index in [1.165, 1.54) is 0 Å². The number of anilines is 1. The van der Waals surface area contributed by atoms with Gasteiger partial charge in [0.15, 0.2) is 0 Å². The van der Waals surface area contributed by atoms with Crippen molar-refractivity contribution >= 4 is 11.7 Å². The Balaban J connectivity index is 3.02. The molecule has 4 nitrogen and oxygen atoms in total. The van der Waals surface area contributed by atoms with E-state index >= 15 is 0 Å². The average Bonchev–Trinajstić information content (AvgIpc) is 2.14. The summed E-state index contributed by atoms with van der Waals surface area (Å²) in [7, 11) is 0. The molecule has 0 radical (unpaired) electrons. The zero-order valence-electron chi connectivity index (χ0n) is 7.86. The van der Waals surface area contributed by atoms with Crippen LogP contribution in [0.15, 0.2) is 18.2 Å². The molecule has 76 valence electrons. The molecule has 4 heteroatoms. The Labute approximate surface area is 82.5 Å². The van der Waals surface area contributed by atoms with E-state index < -0.39 is 5.97 Å². The van der Waals surface area contributed by atoms with Crippen LogP contribution in [0.4, 0.5) is 5.69 Å². The number of aryl methyl sites for hydroxylation is 1. The van der Waals surface area contributed by atoms with E-state index in [9.17, 15) is 4.79 Å². The number of hydrogen-bond donors (Lipinski definition) is 3. The molecule has 0 amide bonds. The Morgan fingerprint density at radius 3 is 2.71 bits per heavy atom. The maximum Gasteiger partial charge on any atom is 0.338 e. The molecule has 0 atom stereocenters. The number of carboxylic acid groups (broad SMARTS) is 1. The summed E-state index contributed by atoms with van der Waals surface area (Å²) in [4.78, 5) is 10.9. The second kappa shape index (κ2) is 4.62. The first kappa shape index (κ1) is 10.5. The van der Waals surface area contributed by atoms with Crippen LogP contribution in [0.25, 0.3) is 0 Å². The van der Waals surface area contributed by atoms with E-state index in [1.807, 2.05) is 0 Å². The summed E-state index contributed by atoms with van der Waals surface area (Å²) in [5, 5.41) is 8.93. The van der Waals surface area contributed by atoms with Crippen LogP contribution >= 0.6 is 0 Å². The fourth-order valence-electron chi connectivity index (χ4n) is 1.38. The van der Waals surface area contributed by atoms with Crippen LogP contribution in [0.2, 0.25) is 0 Å². The van der Waals surface area contributed by atoms with Crippen LogP contribution < -0.4 is 11.5 Å². The van der Waals surface area contributed by atoms with E-state index in [2.05, 4.69) is 0 Å². The summed E-state index contributed by atoms with van der Waals surface area (Å²) in [5.41, 5.74) is 12.2. The predicted molar refractivity (Wildman–Crippen MR) is 55.2 cm³/mol. The Hall–Kier alpha value is -1.55. The second-order valence-electron chi connectivity index (χ2n) is 3.08. The van der Waals surface area contributed by atoms with Gasteiger partial charge in [-0.2, -0.15) is 0 Å². The molecule has 5 N–H and O–H groups in total. The van der Waals surface area contributed by atoms with Gasteiger partial charge in [-0.1, -0.05) is 12.1 Å². The van der Waals surface area contributed by atoms with Gasteiger partial charge in [-0.25, -0.2) is 4.79 Å². The van der Waals surface area contributed by atoms with Crippen LogP contribution in [-0.4, -0.2) is 17.6 Å². The lowest BCUT2D eigenvalue weighted by Crippen LogP contribution is -2.08. The van der Waals surface area contributed by atoms with Gasteiger partial charge in [-0.15, -0.1) is 0 Å². The Morgan fingerprint density at radius 1 is 1.43 bits per heavy atom. The normalized spacial score (nSPS) is 10.1. The molecule has 0 aliphatic carbocycles. The lowest BCUT2D eigenvalue weighted by atomic mass is 10.0. The van der Waals surface area contributed by atoms with Crippen LogP contribution in [-0.2, 0) is 6.42 Å². The molecule has 0 aliphatic heterocycles. The second-order valence-corrected chi connectivity index (χ2v) is 3.08. The van der Waals surface area contributed by atoms with Gasteiger partial charge in [-0.05, 0) is 31.0 Å². The molecule has 0 heterocycles. The van der Waals surface area contributed by atoms with Gasteiger partial charge in [0, 0.05) is 5.69 Å². The first-order valence-electron chi connectivity index (χ1n) is 4.47. The zero-order valence-corrected chi connectivity index (χ0v) is 7.86. The van der Waals surface area contributed by atoms with Crippen molar-refractivity contribution in [2.45, 2.75) is 12.8 Å². The highest BCUT2D eigenvalue weighted by atomic mass is 16.4. The minimum Gasteiger partial charge on any atom is -0.478 e. The molecule has 1 aromatic carbocycles. The van der Waals surface area contributed by atoms with Crippen molar-refractivity contribution in [1.29, 1.82) is 0 Å². The van der Waals surface area contributed by atoms with E-state index in [-0.39, 0.29) is 5.56 Å². The van der Waals surface area contributed by atoms with Gasteiger partial charge in [0.25, 0.3) is 0 Å². The SMILES string of the molecule is NCCCc1cccc(N)c1C(=O)O. The molecule has 0 spiro atoms. The highest BCUT2D eigenvalue weighted by Gasteiger charge is 2.12. The lowest BCUT2D eigenvalue weighted by molar-refractivity contribution is 0.0697. The summed E-state index contributed by atoms with van der Waals surface area (Å²) in [6.07, 6.45) is 1.42. The number of hydrogen-bond acceptors (Lipinski definition) is 3. The molecule has 0 aliphatic rings. The minimum absolute atomic E-state index is 0.209. The summed E-state index contributed by atoms with van der Waals surface area (Å²) in [6.45, 7) is 0.549. The predicted octanol–water partition coefficient (Wildman–Crippen LogP) is 0.858. The maximum atomic E-state index is 10.9. The lowest BCUT2D eigenvalue weighted by Gasteiger charge is -2.07. The molecule has 1 rings (SSSR count). The van der Waals surface area contributed by atoms with Crippen molar-refractivity contribution in [3.05, 3.63) is 29.3 Å². The molecule has 0 aromatic heterocycles. The van der Waals surface area contributed by atoms with Crippen molar-refractivity contribution in [2.24, 2.45) is 5.73 Å². The van der Waals surface area contributed by atoms with Gasteiger partial charge >= 0.3 is 5.97 Å². The number of aromatic carboxylic acids is 1. The molecule has 0 unspecified atom stereocenters. The molecule has 14 heavy (non-hydrogen) atoms. The zero-order chi connectivity index (χ0) is 10.6. The molecule has 0 saturated carbocycles. The van der Waals surface area contributed by atoms with Crippen molar-refractivity contribution in [2.75, 3.05) is 12.3 Å². The quantitative estimate of drug-likeness (QED) is 0.620. The molecule has 0 bridgehead atoms. The monoisotopic (exact) mass is 194 g/mol. The number of carboxylic acids is 1. The Morgan fingerprint density at radius 2 is 2.14 bits per heavy atom.